The fourth-order valence-corrected chi connectivity index (χ4v) is 2.16. The van der Waals surface area contributed by atoms with Gasteiger partial charge in [0.25, 0.3) is 0 Å². The number of aryl methyl sites for hydroxylation is 1. The van der Waals surface area contributed by atoms with Gasteiger partial charge in [0.2, 0.25) is 0 Å². The molecule has 2 aromatic rings. The highest BCUT2D eigenvalue weighted by atomic mass is 16.3. The van der Waals surface area contributed by atoms with Crippen molar-refractivity contribution in [2.24, 2.45) is 7.05 Å². The molecule has 0 bridgehead atoms. The third kappa shape index (κ3) is 2.88. The summed E-state index contributed by atoms with van der Waals surface area (Å²) in [6.07, 6.45) is 1.18. The average Bonchev–Trinajstić information content (AvgIpc) is 2.75. The highest BCUT2D eigenvalue weighted by molar-refractivity contribution is 5.84. The van der Waals surface area contributed by atoms with Gasteiger partial charge in [-0.1, -0.05) is 18.2 Å². The lowest BCUT2D eigenvalue weighted by atomic mass is 10.1. The summed E-state index contributed by atoms with van der Waals surface area (Å²) in [4.78, 5) is 11.3. The first-order valence-electron chi connectivity index (χ1n) is 6.37. The van der Waals surface area contributed by atoms with Gasteiger partial charge < -0.3 is 20.3 Å². The van der Waals surface area contributed by atoms with Crippen molar-refractivity contribution in [3.8, 4) is 0 Å². The Hall–Kier alpha value is -2.01. The summed E-state index contributed by atoms with van der Waals surface area (Å²) in [5.41, 5.74) is 1.89. The van der Waals surface area contributed by atoms with Crippen LogP contribution in [-0.4, -0.2) is 28.8 Å². The van der Waals surface area contributed by atoms with Gasteiger partial charge in [0, 0.05) is 42.8 Å². The zero-order valence-corrected chi connectivity index (χ0v) is 11.2. The van der Waals surface area contributed by atoms with Gasteiger partial charge in [-0.3, -0.25) is 0 Å². The number of hydrogen-bond donors (Lipinski definition) is 3. The number of carbonyl (C=O) groups is 1. The van der Waals surface area contributed by atoms with Crippen LogP contribution in [0, 0.1) is 0 Å². The predicted molar refractivity (Wildman–Crippen MR) is 75.0 cm³/mol. The van der Waals surface area contributed by atoms with Crippen LogP contribution in [0.1, 0.15) is 18.6 Å². The molecule has 1 unspecified atom stereocenters. The Balaban J connectivity index is 2.13. The van der Waals surface area contributed by atoms with Gasteiger partial charge in [0.05, 0.1) is 6.10 Å². The Kier molecular flexibility index (Phi) is 4.06. The van der Waals surface area contributed by atoms with Crippen LogP contribution in [0.3, 0.4) is 0 Å². The van der Waals surface area contributed by atoms with E-state index in [1.165, 1.54) is 0 Å². The first-order valence-corrected chi connectivity index (χ1v) is 6.37. The van der Waals surface area contributed by atoms with E-state index in [9.17, 15) is 9.90 Å². The number of nitrogens with zero attached hydrogens (tertiary/aromatic N) is 1. The molecule has 0 saturated carbocycles. The predicted octanol–water partition coefficient (Wildman–Crippen LogP) is 1.53. The van der Waals surface area contributed by atoms with Gasteiger partial charge in [0.1, 0.15) is 0 Å². The van der Waals surface area contributed by atoms with E-state index >= 15 is 0 Å². The van der Waals surface area contributed by atoms with Gasteiger partial charge in [-0.05, 0) is 13.0 Å². The van der Waals surface area contributed by atoms with Crippen LogP contribution >= 0.6 is 0 Å². The largest absolute Gasteiger partial charge is 0.386 e. The molecule has 2 rings (SSSR count). The molecule has 0 aliphatic rings. The summed E-state index contributed by atoms with van der Waals surface area (Å²) >= 11 is 0. The minimum absolute atomic E-state index is 0.194. The molecule has 1 atom stereocenters. The molecule has 5 nitrogen and oxygen atoms in total. The molecule has 0 aliphatic heterocycles. The Bertz CT molecular complexity index is 577. The molecule has 0 radical (unpaired) electrons. The monoisotopic (exact) mass is 261 g/mol. The normalized spacial score (nSPS) is 12.4. The van der Waals surface area contributed by atoms with E-state index in [0.717, 1.165) is 16.5 Å². The van der Waals surface area contributed by atoms with Crippen LogP contribution in [-0.2, 0) is 7.05 Å². The fraction of sp³-hybridized carbons (Fsp3) is 0.357. The molecular weight excluding hydrogens is 242 g/mol. The van der Waals surface area contributed by atoms with Crippen molar-refractivity contribution in [3.05, 3.63) is 36.0 Å². The van der Waals surface area contributed by atoms with Crippen molar-refractivity contribution in [1.82, 2.24) is 15.2 Å². The van der Waals surface area contributed by atoms with Crippen molar-refractivity contribution < 1.29 is 9.90 Å². The molecule has 1 aromatic carbocycles. The third-order valence-corrected chi connectivity index (χ3v) is 3.08. The van der Waals surface area contributed by atoms with Gasteiger partial charge >= 0.3 is 6.03 Å². The summed E-state index contributed by atoms with van der Waals surface area (Å²) in [7, 11) is 1.94. The number of amides is 2. The van der Waals surface area contributed by atoms with Crippen LogP contribution in [0.25, 0.3) is 10.9 Å². The Morgan fingerprint density at radius 3 is 2.84 bits per heavy atom. The quantitative estimate of drug-likeness (QED) is 0.781. The second kappa shape index (κ2) is 5.75. The smallest absolute Gasteiger partial charge is 0.314 e. The Morgan fingerprint density at radius 1 is 1.37 bits per heavy atom. The molecular formula is C14H19N3O2. The second-order valence-corrected chi connectivity index (χ2v) is 4.47. The minimum atomic E-state index is -0.714. The molecule has 5 heteroatoms. The summed E-state index contributed by atoms with van der Waals surface area (Å²) < 4.78 is 1.97. The number of urea groups is 1. The lowest BCUT2D eigenvalue weighted by Gasteiger charge is -2.11. The summed E-state index contributed by atoms with van der Waals surface area (Å²) in [5, 5.41) is 16.5. The lowest BCUT2D eigenvalue weighted by molar-refractivity contribution is 0.174. The maximum absolute atomic E-state index is 11.3. The van der Waals surface area contributed by atoms with Gasteiger partial charge in [-0.2, -0.15) is 0 Å². The van der Waals surface area contributed by atoms with E-state index in [0.29, 0.717) is 6.54 Å². The van der Waals surface area contributed by atoms with E-state index in [-0.39, 0.29) is 12.6 Å². The Morgan fingerprint density at radius 2 is 2.11 bits per heavy atom. The highest BCUT2D eigenvalue weighted by Gasteiger charge is 2.14. The lowest BCUT2D eigenvalue weighted by Crippen LogP contribution is -2.37. The van der Waals surface area contributed by atoms with E-state index in [1.54, 1.807) is 0 Å². The topological polar surface area (TPSA) is 66.3 Å². The van der Waals surface area contributed by atoms with E-state index in [2.05, 4.69) is 10.6 Å². The van der Waals surface area contributed by atoms with Crippen LogP contribution in [0.2, 0.25) is 0 Å². The van der Waals surface area contributed by atoms with Gasteiger partial charge in [-0.15, -0.1) is 0 Å². The zero-order valence-electron chi connectivity index (χ0n) is 11.2. The number of nitrogens with one attached hydrogen (secondary N) is 2. The molecule has 0 fully saturated rings. The SMILES string of the molecule is CCNC(=O)NCC(O)c1cn(C)c2ccccc12. The van der Waals surface area contributed by atoms with E-state index in [1.807, 2.05) is 49.0 Å². The molecule has 2 amide bonds. The maximum Gasteiger partial charge on any atom is 0.314 e. The number of aliphatic hydroxyl groups excluding tert-OH is 1. The van der Waals surface area contributed by atoms with Crippen LogP contribution < -0.4 is 10.6 Å². The van der Waals surface area contributed by atoms with Crippen LogP contribution in [0.5, 0.6) is 0 Å². The van der Waals surface area contributed by atoms with E-state index in [4.69, 9.17) is 0 Å². The number of aromatic nitrogens is 1. The molecule has 3 N–H and O–H groups in total. The minimum Gasteiger partial charge on any atom is -0.386 e. The maximum atomic E-state index is 11.3. The van der Waals surface area contributed by atoms with Gasteiger partial charge in [0.15, 0.2) is 0 Å². The average molecular weight is 261 g/mol. The third-order valence-electron chi connectivity index (χ3n) is 3.08. The number of carbonyl (C=O) groups excluding carboxylic acids is 1. The van der Waals surface area contributed by atoms with Gasteiger partial charge in [-0.25, -0.2) is 4.79 Å². The summed E-state index contributed by atoms with van der Waals surface area (Å²) in [6.45, 7) is 2.61. The van der Waals surface area contributed by atoms with E-state index < -0.39 is 6.10 Å². The number of rotatable bonds is 4. The van der Waals surface area contributed by atoms with Crippen molar-refractivity contribution in [3.63, 3.8) is 0 Å². The molecule has 19 heavy (non-hydrogen) atoms. The molecule has 0 spiro atoms. The Labute approximate surface area is 112 Å². The number of para-hydroxylation sites is 1. The first-order chi connectivity index (χ1) is 9.13. The molecule has 1 aromatic heterocycles. The summed E-state index contributed by atoms with van der Waals surface area (Å²) in [5.74, 6) is 0. The van der Waals surface area contributed by atoms with Crippen LogP contribution in [0.15, 0.2) is 30.5 Å². The molecule has 102 valence electrons. The highest BCUT2D eigenvalue weighted by Crippen LogP contribution is 2.25. The van der Waals surface area contributed by atoms with Crippen LogP contribution in [0.4, 0.5) is 4.79 Å². The number of benzene rings is 1. The number of aliphatic hydroxyl groups is 1. The molecule has 1 heterocycles. The number of hydrogen-bond acceptors (Lipinski definition) is 2. The number of fused-ring (bicyclic) bond motifs is 1. The molecule has 0 saturated heterocycles. The van der Waals surface area contributed by atoms with Crippen molar-refractivity contribution in [2.75, 3.05) is 13.1 Å². The fourth-order valence-electron chi connectivity index (χ4n) is 2.16. The van der Waals surface area contributed by atoms with Crippen molar-refractivity contribution >= 4 is 16.9 Å². The van der Waals surface area contributed by atoms with Crippen molar-refractivity contribution in [2.45, 2.75) is 13.0 Å². The van der Waals surface area contributed by atoms with Crippen molar-refractivity contribution in [1.29, 1.82) is 0 Å². The summed E-state index contributed by atoms with van der Waals surface area (Å²) in [6, 6.07) is 7.62. The second-order valence-electron chi connectivity index (χ2n) is 4.47. The molecule has 0 aliphatic carbocycles. The standard InChI is InChI=1S/C14H19N3O2/c1-3-15-14(19)16-8-13(18)11-9-17(2)12-7-5-4-6-10(11)12/h4-7,9,13,18H,3,8H2,1-2H3,(H2,15,16,19). The zero-order chi connectivity index (χ0) is 13.8. The first kappa shape index (κ1) is 13.4.